The molecule has 96 valence electrons. The number of nitrogens with zero attached hydrogens (tertiary/aromatic N) is 3. The highest BCUT2D eigenvalue weighted by Gasteiger charge is 2.14. The van der Waals surface area contributed by atoms with E-state index in [1.807, 2.05) is 25.1 Å². The van der Waals surface area contributed by atoms with E-state index in [4.69, 9.17) is 17.3 Å². The molecule has 2 heterocycles. The molecule has 3 aromatic rings. The van der Waals surface area contributed by atoms with Crippen LogP contribution in [0.1, 0.15) is 5.56 Å². The first kappa shape index (κ1) is 12.4. The zero-order valence-electron chi connectivity index (χ0n) is 10.1. The number of anilines is 1. The average Bonchev–Trinajstić information content (AvgIpc) is 2.67. The molecule has 0 bridgehead atoms. The fourth-order valence-electron chi connectivity index (χ4n) is 1.98. The number of halogens is 2. The molecular weight excluding hydrogens is 328 g/mol. The van der Waals surface area contributed by atoms with Crippen molar-refractivity contribution in [2.24, 2.45) is 0 Å². The summed E-state index contributed by atoms with van der Waals surface area (Å²) in [7, 11) is 0. The second kappa shape index (κ2) is 4.51. The number of rotatable bonds is 1. The van der Waals surface area contributed by atoms with Gasteiger partial charge in [-0.25, -0.2) is 9.97 Å². The molecule has 0 aliphatic heterocycles. The van der Waals surface area contributed by atoms with Crippen molar-refractivity contribution in [2.75, 3.05) is 5.73 Å². The Kier molecular flexibility index (Phi) is 2.95. The minimum absolute atomic E-state index is 0.369. The number of nitrogens with two attached hydrogens (primary N) is 1. The molecule has 0 aliphatic rings. The van der Waals surface area contributed by atoms with Gasteiger partial charge in [0.05, 0.1) is 10.7 Å². The summed E-state index contributed by atoms with van der Waals surface area (Å²) in [6, 6.07) is 7.52. The van der Waals surface area contributed by atoms with Crippen molar-refractivity contribution in [3.63, 3.8) is 0 Å². The lowest BCUT2D eigenvalue weighted by Crippen LogP contribution is -2.02. The van der Waals surface area contributed by atoms with E-state index in [-0.39, 0.29) is 0 Å². The summed E-state index contributed by atoms with van der Waals surface area (Å²) in [6.45, 7) is 1.97. The fourth-order valence-corrected chi connectivity index (χ4v) is 2.53. The number of hydrogen-bond donors (Lipinski definition) is 1. The summed E-state index contributed by atoms with van der Waals surface area (Å²) < 4.78 is 2.67. The number of fused-ring (bicyclic) bond motifs is 1. The summed E-state index contributed by atoms with van der Waals surface area (Å²) >= 11 is 9.67. The quantitative estimate of drug-likeness (QED) is 0.736. The fraction of sp³-hybridized carbons (Fsp3) is 0.0769. The molecule has 0 aliphatic carbocycles. The number of hydrogen-bond acceptors (Lipinski definition) is 3. The molecule has 0 spiro atoms. The summed E-state index contributed by atoms with van der Waals surface area (Å²) in [5, 5.41) is 0.594. The van der Waals surface area contributed by atoms with Gasteiger partial charge in [-0.2, -0.15) is 0 Å². The predicted molar refractivity (Wildman–Crippen MR) is 80.7 cm³/mol. The van der Waals surface area contributed by atoms with E-state index >= 15 is 0 Å². The smallest absolute Gasteiger partial charge is 0.207 e. The maximum absolute atomic E-state index is 6.24. The van der Waals surface area contributed by atoms with Crippen LogP contribution in [0, 0.1) is 6.92 Å². The van der Waals surface area contributed by atoms with Crippen LogP contribution in [-0.2, 0) is 0 Å². The van der Waals surface area contributed by atoms with Gasteiger partial charge < -0.3 is 5.73 Å². The third-order valence-corrected chi connectivity index (χ3v) is 3.62. The maximum Gasteiger partial charge on any atom is 0.207 e. The SMILES string of the molecule is Cc1cnc2c(c1)nc(N)n2-c1cc(Br)ccc1Cl. The molecule has 0 unspecified atom stereocenters. The van der Waals surface area contributed by atoms with Crippen molar-refractivity contribution in [1.29, 1.82) is 0 Å². The molecule has 0 atom stereocenters. The first-order valence-corrected chi connectivity index (χ1v) is 6.79. The Morgan fingerprint density at radius 1 is 1.32 bits per heavy atom. The summed E-state index contributed by atoms with van der Waals surface area (Å²) in [5.74, 6) is 0.369. The second-order valence-electron chi connectivity index (χ2n) is 4.26. The minimum atomic E-state index is 0.369. The number of pyridine rings is 1. The largest absolute Gasteiger partial charge is 0.369 e. The van der Waals surface area contributed by atoms with Gasteiger partial charge in [-0.1, -0.05) is 27.5 Å². The van der Waals surface area contributed by atoms with Gasteiger partial charge in [0.2, 0.25) is 5.95 Å². The normalized spacial score (nSPS) is 11.1. The first-order valence-electron chi connectivity index (χ1n) is 5.62. The highest BCUT2D eigenvalue weighted by Crippen LogP contribution is 2.29. The lowest BCUT2D eigenvalue weighted by atomic mass is 10.3. The van der Waals surface area contributed by atoms with E-state index < -0.39 is 0 Å². The highest BCUT2D eigenvalue weighted by atomic mass is 79.9. The molecule has 2 N–H and O–H groups in total. The van der Waals surface area contributed by atoms with Gasteiger partial charge in [-0.3, -0.25) is 4.57 Å². The third-order valence-electron chi connectivity index (χ3n) is 2.81. The van der Waals surface area contributed by atoms with Crippen molar-refractivity contribution >= 4 is 44.6 Å². The average molecular weight is 338 g/mol. The Labute approximate surface area is 123 Å². The van der Waals surface area contributed by atoms with Crippen molar-refractivity contribution < 1.29 is 0 Å². The van der Waals surface area contributed by atoms with Crippen LogP contribution in [0.4, 0.5) is 5.95 Å². The van der Waals surface area contributed by atoms with Crippen LogP contribution >= 0.6 is 27.5 Å². The molecule has 0 amide bonds. The second-order valence-corrected chi connectivity index (χ2v) is 5.58. The van der Waals surface area contributed by atoms with Gasteiger partial charge >= 0.3 is 0 Å². The minimum Gasteiger partial charge on any atom is -0.369 e. The molecule has 6 heteroatoms. The van der Waals surface area contributed by atoms with Crippen LogP contribution in [0.3, 0.4) is 0 Å². The molecule has 4 nitrogen and oxygen atoms in total. The van der Waals surface area contributed by atoms with Crippen LogP contribution in [0.2, 0.25) is 5.02 Å². The molecule has 0 radical (unpaired) electrons. The van der Waals surface area contributed by atoms with Crippen LogP contribution in [0.15, 0.2) is 34.9 Å². The Hall–Kier alpha value is -1.59. The lowest BCUT2D eigenvalue weighted by Gasteiger charge is -2.08. The molecule has 2 aromatic heterocycles. The van der Waals surface area contributed by atoms with Gasteiger partial charge in [-0.15, -0.1) is 0 Å². The van der Waals surface area contributed by atoms with Crippen molar-refractivity contribution in [2.45, 2.75) is 6.92 Å². The van der Waals surface area contributed by atoms with Crippen molar-refractivity contribution in [1.82, 2.24) is 14.5 Å². The topological polar surface area (TPSA) is 56.7 Å². The van der Waals surface area contributed by atoms with Gasteiger partial charge in [0, 0.05) is 10.7 Å². The Bertz CT molecular complexity index is 782. The molecular formula is C13H10BrClN4. The molecule has 0 saturated heterocycles. The van der Waals surface area contributed by atoms with Crippen molar-refractivity contribution in [3.05, 3.63) is 45.5 Å². The number of nitrogen functional groups attached to an aromatic ring is 1. The molecule has 0 fully saturated rings. The first-order chi connectivity index (χ1) is 9.06. The van der Waals surface area contributed by atoms with Crippen molar-refractivity contribution in [3.8, 4) is 5.69 Å². The third kappa shape index (κ3) is 2.09. The van der Waals surface area contributed by atoms with Crippen LogP contribution in [0.5, 0.6) is 0 Å². The maximum atomic E-state index is 6.24. The van der Waals surface area contributed by atoms with E-state index in [1.165, 1.54) is 0 Å². The van der Waals surface area contributed by atoms with Crippen LogP contribution < -0.4 is 5.73 Å². The highest BCUT2D eigenvalue weighted by molar-refractivity contribution is 9.10. The van der Waals surface area contributed by atoms with Gasteiger partial charge in [0.15, 0.2) is 5.65 Å². The standard InChI is InChI=1S/C13H10BrClN4/c1-7-4-10-12(17-6-7)19(13(16)18-10)11-5-8(14)2-3-9(11)15/h2-6H,1H3,(H2,16,18). The van der Waals surface area contributed by atoms with Gasteiger partial charge in [0.25, 0.3) is 0 Å². The number of aryl methyl sites for hydroxylation is 1. The molecule has 3 rings (SSSR count). The van der Waals surface area contributed by atoms with E-state index in [1.54, 1.807) is 16.8 Å². The van der Waals surface area contributed by atoms with E-state index in [9.17, 15) is 0 Å². The van der Waals surface area contributed by atoms with Crippen LogP contribution in [0.25, 0.3) is 16.9 Å². The Morgan fingerprint density at radius 2 is 2.11 bits per heavy atom. The number of aromatic nitrogens is 3. The van der Waals surface area contributed by atoms with E-state index in [0.717, 1.165) is 21.2 Å². The summed E-state index contributed by atoms with van der Waals surface area (Å²) in [5.41, 5.74) is 9.24. The zero-order chi connectivity index (χ0) is 13.6. The molecule has 0 saturated carbocycles. The number of imidazole rings is 1. The summed E-state index contributed by atoms with van der Waals surface area (Å²) in [4.78, 5) is 8.72. The number of benzene rings is 1. The summed E-state index contributed by atoms with van der Waals surface area (Å²) in [6.07, 6.45) is 1.78. The monoisotopic (exact) mass is 336 g/mol. The molecule has 1 aromatic carbocycles. The van der Waals surface area contributed by atoms with Gasteiger partial charge in [0.1, 0.15) is 5.52 Å². The lowest BCUT2D eigenvalue weighted by molar-refractivity contribution is 1.08. The zero-order valence-corrected chi connectivity index (χ0v) is 12.4. The van der Waals surface area contributed by atoms with E-state index in [0.29, 0.717) is 16.6 Å². The predicted octanol–water partition coefficient (Wildman–Crippen LogP) is 3.73. The van der Waals surface area contributed by atoms with Gasteiger partial charge in [-0.05, 0) is 36.8 Å². The Morgan fingerprint density at radius 3 is 2.89 bits per heavy atom. The molecule has 19 heavy (non-hydrogen) atoms. The van der Waals surface area contributed by atoms with E-state index in [2.05, 4.69) is 25.9 Å². The van der Waals surface area contributed by atoms with Crippen LogP contribution in [-0.4, -0.2) is 14.5 Å². The Balaban J connectivity index is 2.36.